The Morgan fingerprint density at radius 3 is 2.49 bits per heavy atom. The molecule has 0 aliphatic carbocycles. The summed E-state index contributed by atoms with van der Waals surface area (Å²) < 4.78 is 28.1. The molecule has 3 N–H and O–H groups in total. The van der Waals surface area contributed by atoms with Gasteiger partial charge in [0.15, 0.2) is 11.6 Å². The van der Waals surface area contributed by atoms with Gasteiger partial charge < -0.3 is 20.5 Å². The summed E-state index contributed by atoms with van der Waals surface area (Å²) in [6.45, 7) is -0.0879. The first kappa shape index (κ1) is 25.5. The van der Waals surface area contributed by atoms with Crippen LogP contribution in [0.3, 0.4) is 0 Å². The number of aromatic nitrogens is 1. The van der Waals surface area contributed by atoms with Gasteiger partial charge in [0.05, 0.1) is 13.0 Å². The van der Waals surface area contributed by atoms with Gasteiger partial charge in [-0.3, -0.25) is 19.2 Å². The van der Waals surface area contributed by atoms with Gasteiger partial charge in [0.1, 0.15) is 11.6 Å². The van der Waals surface area contributed by atoms with E-state index in [1.807, 2.05) is 0 Å². The molecule has 0 fully saturated rings. The Labute approximate surface area is 221 Å². The van der Waals surface area contributed by atoms with Gasteiger partial charge >= 0.3 is 0 Å². The number of anilines is 2. The number of fused-ring (bicyclic) bond motifs is 1. The molecule has 8 nitrogen and oxygen atoms in total. The van der Waals surface area contributed by atoms with E-state index in [1.54, 1.807) is 48.5 Å². The van der Waals surface area contributed by atoms with Crippen LogP contribution in [-0.2, 0) is 22.6 Å². The minimum absolute atomic E-state index is 0.0879. The van der Waals surface area contributed by atoms with Crippen LogP contribution in [0.15, 0.2) is 89.9 Å². The molecule has 3 amide bonds. The van der Waals surface area contributed by atoms with E-state index < -0.39 is 35.0 Å². The molecule has 0 saturated carbocycles. The summed E-state index contributed by atoms with van der Waals surface area (Å²) in [5, 5.41) is 8.13. The van der Waals surface area contributed by atoms with Gasteiger partial charge in [-0.15, -0.1) is 0 Å². The number of halogens is 2. The summed E-state index contributed by atoms with van der Waals surface area (Å²) in [6.07, 6.45) is 1.62. The zero-order chi connectivity index (χ0) is 27.5. The van der Waals surface area contributed by atoms with Crippen molar-refractivity contribution in [2.45, 2.75) is 19.0 Å². The molecule has 1 unspecified atom stereocenters. The van der Waals surface area contributed by atoms with Crippen LogP contribution in [0.25, 0.3) is 0 Å². The third kappa shape index (κ3) is 5.59. The van der Waals surface area contributed by atoms with Crippen molar-refractivity contribution >= 4 is 29.1 Å². The molecule has 39 heavy (non-hydrogen) atoms. The fourth-order valence-corrected chi connectivity index (χ4v) is 4.34. The summed E-state index contributed by atoms with van der Waals surface area (Å²) in [6, 6.07) is 18.5. The molecule has 0 saturated heterocycles. The van der Waals surface area contributed by atoms with E-state index >= 15 is 0 Å². The van der Waals surface area contributed by atoms with E-state index in [0.29, 0.717) is 22.5 Å². The van der Waals surface area contributed by atoms with Crippen LogP contribution in [0.1, 0.15) is 33.1 Å². The number of hydrogen-bond donors (Lipinski definition) is 3. The maximum absolute atomic E-state index is 13.6. The van der Waals surface area contributed by atoms with Crippen LogP contribution >= 0.6 is 0 Å². The van der Waals surface area contributed by atoms with Crippen LogP contribution in [0.4, 0.5) is 20.2 Å². The van der Waals surface area contributed by atoms with Gasteiger partial charge in [-0.2, -0.15) is 0 Å². The van der Waals surface area contributed by atoms with Crippen molar-refractivity contribution in [1.29, 1.82) is 0 Å². The van der Waals surface area contributed by atoms with E-state index in [2.05, 4.69) is 16.0 Å². The Bertz CT molecular complexity index is 1650. The molecular weight excluding hydrogens is 506 g/mol. The number of carbonyl (C=O) groups is 3. The maximum Gasteiger partial charge on any atom is 0.263 e. The lowest BCUT2D eigenvalue weighted by Gasteiger charge is -2.19. The average Bonchev–Trinajstić information content (AvgIpc) is 3.30. The minimum atomic E-state index is -1.15. The number of carbonyl (C=O) groups excluding carboxylic acids is 3. The van der Waals surface area contributed by atoms with Crippen molar-refractivity contribution in [2.24, 2.45) is 0 Å². The third-order valence-electron chi connectivity index (χ3n) is 6.27. The van der Waals surface area contributed by atoms with Gasteiger partial charge in [0, 0.05) is 17.6 Å². The molecule has 3 aromatic carbocycles. The third-order valence-corrected chi connectivity index (χ3v) is 6.27. The topological polar surface area (TPSA) is 109 Å². The summed E-state index contributed by atoms with van der Waals surface area (Å²) in [7, 11) is 0. The molecule has 1 atom stereocenters. The van der Waals surface area contributed by atoms with Crippen molar-refractivity contribution in [3.05, 3.63) is 129 Å². The van der Waals surface area contributed by atoms with Gasteiger partial charge in [0.2, 0.25) is 5.91 Å². The van der Waals surface area contributed by atoms with Crippen molar-refractivity contribution in [3.63, 3.8) is 0 Å². The number of nitrogens with one attached hydrogen (secondary N) is 3. The predicted molar refractivity (Wildman–Crippen MR) is 140 cm³/mol. The lowest BCUT2D eigenvalue weighted by molar-refractivity contribution is -0.118. The maximum atomic E-state index is 13.6. The molecular formula is C29H22F2N4O4. The van der Waals surface area contributed by atoms with Crippen LogP contribution in [0.5, 0.6) is 0 Å². The Hall–Kier alpha value is -5.12. The fraction of sp³-hybridized carbons (Fsp3) is 0.103. The van der Waals surface area contributed by atoms with Gasteiger partial charge in [-0.1, -0.05) is 36.4 Å². The molecule has 0 bridgehead atoms. The first-order chi connectivity index (χ1) is 18.8. The molecule has 1 aliphatic rings. The van der Waals surface area contributed by atoms with Gasteiger partial charge in [-0.25, -0.2) is 8.78 Å². The van der Waals surface area contributed by atoms with Crippen LogP contribution in [0, 0.1) is 11.6 Å². The number of nitrogens with zero attached hydrogens (tertiary/aromatic N) is 1. The smallest absolute Gasteiger partial charge is 0.263 e. The first-order valence-corrected chi connectivity index (χ1v) is 12.0. The Kier molecular flexibility index (Phi) is 7.00. The summed E-state index contributed by atoms with van der Waals surface area (Å²) in [5.74, 6) is -3.52. The van der Waals surface area contributed by atoms with E-state index in [0.717, 1.165) is 17.7 Å². The number of rotatable bonds is 7. The molecule has 10 heteroatoms. The van der Waals surface area contributed by atoms with Gasteiger partial charge in [-0.05, 0) is 59.2 Å². The standard InChI is InChI=1S/C29H22F2N4O4/c30-22-10-8-17(13-23(22)31)16-35-12-4-7-21(29(35)39)27(37)34-26(18-5-2-1-3-6-18)28(38)32-20-9-11-24-19(14-20)15-25(36)33-24/h1-14,26H,15-16H2,(H,32,38)(H,33,36)(H,34,37). The van der Waals surface area contributed by atoms with Crippen molar-refractivity contribution in [3.8, 4) is 0 Å². The molecule has 5 rings (SSSR count). The van der Waals surface area contributed by atoms with Gasteiger partial charge in [0.25, 0.3) is 17.4 Å². The second kappa shape index (κ2) is 10.7. The zero-order valence-electron chi connectivity index (χ0n) is 20.4. The number of pyridine rings is 1. The average molecular weight is 529 g/mol. The van der Waals surface area contributed by atoms with Crippen LogP contribution in [0.2, 0.25) is 0 Å². The molecule has 1 aliphatic heterocycles. The number of hydrogen-bond acceptors (Lipinski definition) is 4. The largest absolute Gasteiger partial charge is 0.336 e. The lowest BCUT2D eigenvalue weighted by Crippen LogP contribution is -2.40. The molecule has 0 spiro atoms. The SMILES string of the molecule is O=C1Cc2cc(NC(=O)C(NC(=O)c3cccn(Cc4ccc(F)c(F)c4)c3=O)c3ccccc3)ccc2N1. The Morgan fingerprint density at radius 1 is 0.923 bits per heavy atom. The molecule has 2 heterocycles. The van der Waals surface area contributed by atoms with Crippen molar-refractivity contribution < 1.29 is 23.2 Å². The highest BCUT2D eigenvalue weighted by atomic mass is 19.2. The molecule has 0 radical (unpaired) electrons. The molecule has 1 aromatic heterocycles. The monoisotopic (exact) mass is 528 g/mol. The Balaban J connectivity index is 1.38. The van der Waals surface area contributed by atoms with Crippen LogP contribution < -0.4 is 21.5 Å². The highest BCUT2D eigenvalue weighted by Gasteiger charge is 2.26. The van der Waals surface area contributed by atoms with E-state index in [-0.39, 0.29) is 24.4 Å². The quantitative estimate of drug-likeness (QED) is 0.339. The van der Waals surface area contributed by atoms with Crippen molar-refractivity contribution in [1.82, 2.24) is 9.88 Å². The highest BCUT2D eigenvalue weighted by Crippen LogP contribution is 2.27. The Morgan fingerprint density at radius 2 is 1.72 bits per heavy atom. The summed E-state index contributed by atoms with van der Waals surface area (Å²) >= 11 is 0. The summed E-state index contributed by atoms with van der Waals surface area (Å²) in [4.78, 5) is 51.3. The lowest BCUT2D eigenvalue weighted by atomic mass is 10.0. The number of amides is 3. The second-order valence-corrected chi connectivity index (χ2v) is 9.01. The van der Waals surface area contributed by atoms with E-state index in [4.69, 9.17) is 0 Å². The summed E-state index contributed by atoms with van der Waals surface area (Å²) in [5.41, 5.74) is 1.79. The minimum Gasteiger partial charge on any atom is -0.336 e. The first-order valence-electron chi connectivity index (χ1n) is 12.0. The van der Waals surface area contributed by atoms with Crippen molar-refractivity contribution in [2.75, 3.05) is 10.6 Å². The number of benzene rings is 3. The normalized spacial score (nSPS) is 12.8. The van der Waals surface area contributed by atoms with E-state index in [1.165, 1.54) is 29.0 Å². The van der Waals surface area contributed by atoms with E-state index in [9.17, 15) is 28.0 Å². The highest BCUT2D eigenvalue weighted by molar-refractivity contribution is 6.03. The molecule has 196 valence electrons. The second-order valence-electron chi connectivity index (χ2n) is 9.01. The predicted octanol–water partition coefficient (Wildman–Crippen LogP) is 3.78. The zero-order valence-corrected chi connectivity index (χ0v) is 20.4. The fourth-order valence-electron chi connectivity index (χ4n) is 4.34. The molecule has 4 aromatic rings. The van der Waals surface area contributed by atoms with Crippen LogP contribution in [-0.4, -0.2) is 22.3 Å².